The zero-order valence-electron chi connectivity index (χ0n) is 14.4. The molecule has 2 fully saturated rings. The van der Waals surface area contributed by atoms with Gasteiger partial charge in [0.05, 0.1) is 6.04 Å². The first-order chi connectivity index (χ1) is 10.3. The van der Waals surface area contributed by atoms with Crippen molar-refractivity contribution >= 4 is 18.3 Å². The zero-order chi connectivity index (χ0) is 16.0. The molecule has 3 atom stereocenters. The fraction of sp³-hybridized carbons (Fsp3) is 0.632. The van der Waals surface area contributed by atoms with Crippen LogP contribution in [0.4, 0.5) is 0 Å². The minimum absolute atomic E-state index is 0. The molecule has 1 saturated heterocycles. The standard InChI is InChI=1S/C19H28N2O.ClH/c1-18(2)10-15-11-19(3,12-18)13-21(15)17(22)16(20)9-14-7-5-4-6-8-14;/h4-8,15-16H,9-13,20H2,1-3H3;1H/t15?,16-,19?;/m0./s1. The third-order valence-corrected chi connectivity index (χ3v) is 5.31. The van der Waals surface area contributed by atoms with Crippen LogP contribution in [0.3, 0.4) is 0 Å². The highest BCUT2D eigenvalue weighted by molar-refractivity contribution is 5.85. The first kappa shape index (κ1) is 18.3. The van der Waals surface area contributed by atoms with Crippen molar-refractivity contribution in [3.8, 4) is 0 Å². The number of fused-ring (bicyclic) bond motifs is 2. The molecule has 2 N–H and O–H groups in total. The van der Waals surface area contributed by atoms with E-state index in [1.54, 1.807) is 0 Å². The lowest BCUT2D eigenvalue weighted by Crippen LogP contribution is -2.47. The molecular formula is C19H29ClN2O. The quantitative estimate of drug-likeness (QED) is 0.919. The van der Waals surface area contributed by atoms with Crippen LogP contribution in [0.25, 0.3) is 0 Å². The van der Waals surface area contributed by atoms with E-state index < -0.39 is 6.04 Å². The number of hydrogen-bond donors (Lipinski definition) is 1. The first-order valence-corrected chi connectivity index (χ1v) is 8.38. The predicted molar refractivity (Wildman–Crippen MR) is 96.6 cm³/mol. The van der Waals surface area contributed by atoms with E-state index in [2.05, 4.69) is 25.7 Å². The molecule has 3 rings (SSSR count). The molecule has 0 radical (unpaired) electrons. The Kier molecular flexibility index (Phi) is 5.12. The summed E-state index contributed by atoms with van der Waals surface area (Å²) in [6.45, 7) is 7.86. The van der Waals surface area contributed by atoms with Gasteiger partial charge in [0, 0.05) is 12.6 Å². The van der Waals surface area contributed by atoms with Crippen LogP contribution in [0.15, 0.2) is 30.3 Å². The number of amides is 1. The Morgan fingerprint density at radius 3 is 2.57 bits per heavy atom. The molecule has 23 heavy (non-hydrogen) atoms. The van der Waals surface area contributed by atoms with Crippen molar-refractivity contribution in [2.24, 2.45) is 16.6 Å². The van der Waals surface area contributed by atoms with Crippen LogP contribution in [0, 0.1) is 10.8 Å². The molecule has 1 aliphatic carbocycles. The summed E-state index contributed by atoms with van der Waals surface area (Å²) in [7, 11) is 0. The SMILES string of the molecule is CC1(C)CC2CC(C)(CN2C(=O)[C@@H](N)Cc2ccccc2)C1.Cl. The average Bonchev–Trinajstić information content (AvgIpc) is 2.68. The molecule has 2 unspecified atom stereocenters. The predicted octanol–water partition coefficient (Wildman–Crippen LogP) is 3.41. The van der Waals surface area contributed by atoms with E-state index in [1.165, 1.54) is 6.42 Å². The molecule has 4 heteroatoms. The third-order valence-electron chi connectivity index (χ3n) is 5.31. The maximum atomic E-state index is 12.8. The largest absolute Gasteiger partial charge is 0.338 e. The summed E-state index contributed by atoms with van der Waals surface area (Å²) in [6, 6.07) is 10.0. The Morgan fingerprint density at radius 1 is 1.26 bits per heavy atom. The molecule has 1 aliphatic heterocycles. The highest BCUT2D eigenvalue weighted by Gasteiger charge is 2.51. The van der Waals surface area contributed by atoms with Gasteiger partial charge in [0.2, 0.25) is 5.91 Å². The average molecular weight is 337 g/mol. The highest BCUT2D eigenvalue weighted by atomic mass is 35.5. The van der Waals surface area contributed by atoms with E-state index in [0.717, 1.165) is 24.9 Å². The molecule has 1 amide bonds. The second-order valence-corrected chi connectivity index (χ2v) is 8.48. The Morgan fingerprint density at radius 2 is 1.91 bits per heavy atom. The molecule has 1 aromatic rings. The van der Waals surface area contributed by atoms with Gasteiger partial charge in [-0.2, -0.15) is 0 Å². The lowest BCUT2D eigenvalue weighted by atomic mass is 9.65. The van der Waals surface area contributed by atoms with Crippen molar-refractivity contribution in [2.45, 2.75) is 58.5 Å². The number of nitrogens with two attached hydrogens (primary N) is 1. The number of hydrogen-bond acceptors (Lipinski definition) is 2. The molecule has 3 nitrogen and oxygen atoms in total. The fourth-order valence-electron chi connectivity index (χ4n) is 4.89. The molecule has 128 valence electrons. The van der Waals surface area contributed by atoms with Crippen molar-refractivity contribution < 1.29 is 4.79 Å². The summed E-state index contributed by atoms with van der Waals surface area (Å²) >= 11 is 0. The Bertz CT molecular complexity index is 560. The summed E-state index contributed by atoms with van der Waals surface area (Å²) < 4.78 is 0. The Labute approximate surface area is 146 Å². The molecule has 1 heterocycles. The van der Waals surface area contributed by atoms with Crippen molar-refractivity contribution in [1.29, 1.82) is 0 Å². The van der Waals surface area contributed by atoms with Gasteiger partial charge in [-0.3, -0.25) is 4.79 Å². The van der Waals surface area contributed by atoms with Gasteiger partial charge in [0.25, 0.3) is 0 Å². The van der Waals surface area contributed by atoms with Crippen LogP contribution in [0.2, 0.25) is 0 Å². The molecule has 1 aromatic carbocycles. The van der Waals surface area contributed by atoms with E-state index in [0.29, 0.717) is 17.9 Å². The van der Waals surface area contributed by atoms with E-state index in [4.69, 9.17) is 5.73 Å². The minimum Gasteiger partial charge on any atom is -0.338 e. The number of halogens is 1. The number of benzene rings is 1. The Balaban J connectivity index is 0.00000192. The minimum atomic E-state index is -0.423. The van der Waals surface area contributed by atoms with E-state index in [-0.39, 0.29) is 23.7 Å². The monoisotopic (exact) mass is 336 g/mol. The first-order valence-electron chi connectivity index (χ1n) is 8.38. The second-order valence-electron chi connectivity index (χ2n) is 8.48. The van der Waals surface area contributed by atoms with E-state index in [1.807, 2.05) is 30.3 Å². The van der Waals surface area contributed by atoms with Gasteiger partial charge < -0.3 is 10.6 Å². The van der Waals surface area contributed by atoms with Crippen LogP contribution < -0.4 is 5.73 Å². The fourth-order valence-corrected chi connectivity index (χ4v) is 4.89. The third kappa shape index (κ3) is 3.89. The van der Waals surface area contributed by atoms with Gasteiger partial charge in [-0.1, -0.05) is 51.1 Å². The molecule has 2 bridgehead atoms. The number of carbonyl (C=O) groups excluding carboxylic acids is 1. The van der Waals surface area contributed by atoms with Gasteiger partial charge >= 0.3 is 0 Å². The van der Waals surface area contributed by atoms with E-state index in [9.17, 15) is 4.79 Å². The number of carbonyl (C=O) groups is 1. The highest BCUT2D eigenvalue weighted by Crippen LogP contribution is 2.52. The van der Waals surface area contributed by atoms with Crippen molar-refractivity contribution in [3.63, 3.8) is 0 Å². The maximum absolute atomic E-state index is 12.8. The van der Waals surface area contributed by atoms with Crippen molar-refractivity contribution in [1.82, 2.24) is 4.90 Å². The summed E-state index contributed by atoms with van der Waals surface area (Å²) in [5.41, 5.74) is 7.97. The molecular weight excluding hydrogens is 308 g/mol. The molecule has 1 saturated carbocycles. The lowest BCUT2D eigenvalue weighted by molar-refractivity contribution is -0.133. The normalized spacial score (nSPS) is 29.7. The van der Waals surface area contributed by atoms with E-state index >= 15 is 0 Å². The molecule has 0 aromatic heterocycles. The zero-order valence-corrected chi connectivity index (χ0v) is 15.2. The summed E-state index contributed by atoms with van der Waals surface area (Å²) in [5, 5.41) is 0. The summed E-state index contributed by atoms with van der Waals surface area (Å²) in [4.78, 5) is 14.9. The second kappa shape index (κ2) is 6.45. The van der Waals surface area contributed by atoms with Crippen LogP contribution >= 0.6 is 12.4 Å². The summed E-state index contributed by atoms with van der Waals surface area (Å²) in [6.07, 6.45) is 4.07. The number of nitrogens with zero attached hydrogens (tertiary/aromatic N) is 1. The van der Waals surface area contributed by atoms with Crippen LogP contribution in [-0.2, 0) is 11.2 Å². The Hall–Kier alpha value is -1.06. The molecule has 0 spiro atoms. The maximum Gasteiger partial charge on any atom is 0.240 e. The molecule has 2 aliphatic rings. The van der Waals surface area contributed by atoms with Crippen molar-refractivity contribution in [2.75, 3.05) is 6.54 Å². The number of rotatable bonds is 3. The van der Waals surface area contributed by atoms with Gasteiger partial charge in [-0.05, 0) is 42.1 Å². The van der Waals surface area contributed by atoms with Gasteiger partial charge in [-0.15, -0.1) is 12.4 Å². The van der Waals surface area contributed by atoms with Gasteiger partial charge in [0.1, 0.15) is 0 Å². The van der Waals surface area contributed by atoms with Crippen LogP contribution in [-0.4, -0.2) is 29.4 Å². The summed E-state index contributed by atoms with van der Waals surface area (Å²) in [5.74, 6) is 0.135. The topological polar surface area (TPSA) is 46.3 Å². The van der Waals surface area contributed by atoms with Gasteiger partial charge in [-0.25, -0.2) is 0 Å². The van der Waals surface area contributed by atoms with Crippen LogP contribution in [0.1, 0.15) is 45.6 Å². The van der Waals surface area contributed by atoms with Crippen LogP contribution in [0.5, 0.6) is 0 Å². The smallest absolute Gasteiger partial charge is 0.240 e. The number of likely N-dealkylation sites (tertiary alicyclic amines) is 1. The lowest BCUT2D eigenvalue weighted by Gasteiger charge is -2.39. The van der Waals surface area contributed by atoms with Gasteiger partial charge in [0.15, 0.2) is 0 Å². The van der Waals surface area contributed by atoms with Crippen molar-refractivity contribution in [3.05, 3.63) is 35.9 Å².